The monoisotopic (exact) mass is 262 g/mol. The Balaban J connectivity index is 2.07. The molecule has 0 aliphatic carbocycles. The van der Waals surface area contributed by atoms with Crippen molar-refractivity contribution >= 4 is 17.0 Å². The number of hydrogen-bond donors (Lipinski definition) is 3. The maximum Gasteiger partial charge on any atom is 0.183 e. The first-order chi connectivity index (χ1) is 9.11. The van der Waals surface area contributed by atoms with E-state index in [1.165, 1.54) is 6.33 Å². The number of hydrogen-bond acceptors (Lipinski definition) is 5. The Morgan fingerprint density at radius 3 is 2.68 bits per heavy atom. The normalized spacial score (nSPS) is 13.3. The predicted octanol–water partition coefficient (Wildman–Crippen LogP) is 1.49. The molecule has 0 spiro atoms. The smallest absolute Gasteiger partial charge is 0.183 e. The Hall–Kier alpha value is -1.69. The molecular weight excluding hydrogens is 240 g/mol. The third kappa shape index (κ3) is 3.20. The van der Waals surface area contributed by atoms with E-state index in [1.807, 2.05) is 0 Å². The van der Waals surface area contributed by atoms with Crippen LogP contribution in [0.2, 0.25) is 0 Å². The molecule has 5 N–H and O–H groups in total. The van der Waals surface area contributed by atoms with E-state index < -0.39 is 0 Å². The van der Waals surface area contributed by atoms with Gasteiger partial charge in [0.2, 0.25) is 0 Å². The van der Waals surface area contributed by atoms with E-state index in [2.05, 4.69) is 33.8 Å². The van der Waals surface area contributed by atoms with Gasteiger partial charge in [0.25, 0.3) is 0 Å². The highest BCUT2D eigenvalue weighted by molar-refractivity contribution is 5.80. The fourth-order valence-corrected chi connectivity index (χ4v) is 2.36. The molecule has 6 heteroatoms. The van der Waals surface area contributed by atoms with E-state index in [-0.39, 0.29) is 0 Å². The summed E-state index contributed by atoms with van der Waals surface area (Å²) in [6.07, 6.45) is 4.45. The van der Waals surface area contributed by atoms with Crippen LogP contribution >= 0.6 is 0 Å². The summed E-state index contributed by atoms with van der Waals surface area (Å²) in [5.74, 6) is 2.63. The molecule has 2 aromatic rings. The molecule has 0 bridgehead atoms. The number of H-pyrrole nitrogens is 1. The lowest BCUT2D eigenvalue weighted by Gasteiger charge is -2.19. The maximum atomic E-state index is 5.78. The van der Waals surface area contributed by atoms with Crippen LogP contribution in [-0.2, 0) is 6.42 Å². The molecule has 0 saturated carbocycles. The summed E-state index contributed by atoms with van der Waals surface area (Å²) >= 11 is 0. The van der Waals surface area contributed by atoms with Crippen LogP contribution in [0.1, 0.15) is 32.5 Å². The summed E-state index contributed by atoms with van der Waals surface area (Å²) in [5.41, 5.74) is 12.8. The van der Waals surface area contributed by atoms with E-state index in [0.717, 1.165) is 37.1 Å². The quantitative estimate of drug-likeness (QED) is 0.731. The number of imidazole rings is 1. The maximum absolute atomic E-state index is 5.78. The fraction of sp³-hybridized carbons (Fsp3) is 0.615. The van der Waals surface area contributed by atoms with Gasteiger partial charge in [0.1, 0.15) is 17.7 Å². The Morgan fingerprint density at radius 2 is 2.05 bits per heavy atom. The van der Waals surface area contributed by atoms with E-state index >= 15 is 0 Å². The molecule has 1 unspecified atom stereocenters. The van der Waals surface area contributed by atoms with Crippen molar-refractivity contribution in [3.05, 3.63) is 12.2 Å². The second-order valence-corrected chi connectivity index (χ2v) is 5.26. The minimum absolute atomic E-state index is 0.450. The van der Waals surface area contributed by atoms with Gasteiger partial charge in [0.15, 0.2) is 11.5 Å². The van der Waals surface area contributed by atoms with E-state index in [1.54, 1.807) is 0 Å². The average molecular weight is 262 g/mol. The predicted molar refractivity (Wildman–Crippen MR) is 76.4 cm³/mol. The molecule has 1 atom stereocenters. The zero-order valence-electron chi connectivity index (χ0n) is 11.6. The lowest BCUT2D eigenvalue weighted by atomic mass is 9.88. The van der Waals surface area contributed by atoms with Gasteiger partial charge < -0.3 is 16.5 Å². The highest BCUT2D eigenvalue weighted by atomic mass is 15.0. The van der Waals surface area contributed by atoms with Crippen molar-refractivity contribution in [1.82, 2.24) is 19.9 Å². The van der Waals surface area contributed by atoms with E-state index in [0.29, 0.717) is 23.3 Å². The third-order valence-corrected chi connectivity index (χ3v) is 3.60. The summed E-state index contributed by atoms with van der Waals surface area (Å²) in [6.45, 7) is 5.21. The highest BCUT2D eigenvalue weighted by Crippen LogP contribution is 2.21. The largest absolute Gasteiger partial charge is 0.382 e. The number of nitrogen functional groups attached to an aromatic ring is 1. The van der Waals surface area contributed by atoms with Crippen molar-refractivity contribution in [2.24, 2.45) is 17.6 Å². The highest BCUT2D eigenvalue weighted by Gasteiger charge is 2.14. The van der Waals surface area contributed by atoms with Crippen molar-refractivity contribution in [3.8, 4) is 0 Å². The first-order valence-corrected chi connectivity index (χ1v) is 6.77. The number of aromatic amines is 1. The van der Waals surface area contributed by atoms with Gasteiger partial charge in [-0.25, -0.2) is 15.0 Å². The summed E-state index contributed by atoms with van der Waals surface area (Å²) in [7, 11) is 0. The fourth-order valence-electron chi connectivity index (χ4n) is 2.36. The molecule has 19 heavy (non-hydrogen) atoms. The van der Waals surface area contributed by atoms with Gasteiger partial charge in [-0.2, -0.15) is 0 Å². The summed E-state index contributed by atoms with van der Waals surface area (Å²) < 4.78 is 0. The molecule has 0 radical (unpaired) electrons. The van der Waals surface area contributed by atoms with Crippen molar-refractivity contribution in [1.29, 1.82) is 0 Å². The molecule has 0 aliphatic heterocycles. The van der Waals surface area contributed by atoms with Gasteiger partial charge in [-0.15, -0.1) is 0 Å². The topological polar surface area (TPSA) is 106 Å². The second kappa shape index (κ2) is 5.97. The zero-order valence-corrected chi connectivity index (χ0v) is 11.6. The van der Waals surface area contributed by atoms with Crippen molar-refractivity contribution in [2.75, 3.05) is 12.3 Å². The number of fused-ring (bicyclic) bond motifs is 1. The average Bonchev–Trinajstić information content (AvgIpc) is 2.78. The Bertz CT molecular complexity index is 533. The van der Waals surface area contributed by atoms with Crippen LogP contribution in [0.25, 0.3) is 11.2 Å². The van der Waals surface area contributed by atoms with Crippen LogP contribution in [0.4, 0.5) is 5.82 Å². The minimum Gasteiger partial charge on any atom is -0.382 e. The van der Waals surface area contributed by atoms with Crippen molar-refractivity contribution in [2.45, 2.75) is 33.1 Å². The summed E-state index contributed by atoms with van der Waals surface area (Å²) in [4.78, 5) is 15.7. The molecular formula is C13H22N6. The van der Waals surface area contributed by atoms with Crippen LogP contribution in [0.3, 0.4) is 0 Å². The van der Waals surface area contributed by atoms with Crippen LogP contribution in [0, 0.1) is 11.8 Å². The van der Waals surface area contributed by atoms with Gasteiger partial charge in [0.05, 0.1) is 0 Å². The third-order valence-electron chi connectivity index (χ3n) is 3.60. The zero-order chi connectivity index (χ0) is 13.8. The molecule has 6 nitrogen and oxygen atoms in total. The first-order valence-electron chi connectivity index (χ1n) is 6.77. The summed E-state index contributed by atoms with van der Waals surface area (Å²) in [5, 5.41) is 0. The van der Waals surface area contributed by atoms with Gasteiger partial charge in [-0.05, 0) is 31.2 Å². The van der Waals surface area contributed by atoms with Crippen LogP contribution < -0.4 is 11.5 Å². The molecule has 0 aliphatic rings. The number of nitrogens with zero attached hydrogens (tertiary/aromatic N) is 3. The number of aromatic nitrogens is 4. The molecule has 0 amide bonds. The molecule has 104 valence electrons. The van der Waals surface area contributed by atoms with Gasteiger partial charge >= 0.3 is 0 Å². The molecule has 2 aromatic heterocycles. The SMILES string of the molecule is CC(C)C(CCN)CCc1nc2ncnc(N)c2[nH]1. The van der Waals surface area contributed by atoms with E-state index in [9.17, 15) is 0 Å². The molecule has 0 saturated heterocycles. The lowest BCUT2D eigenvalue weighted by molar-refractivity contribution is 0.339. The number of rotatable bonds is 6. The van der Waals surface area contributed by atoms with Gasteiger partial charge in [-0.3, -0.25) is 0 Å². The first kappa shape index (κ1) is 13.7. The van der Waals surface area contributed by atoms with Crippen LogP contribution in [0.15, 0.2) is 6.33 Å². The molecule has 0 aromatic carbocycles. The Labute approximate surface area is 113 Å². The number of anilines is 1. The van der Waals surface area contributed by atoms with Crippen molar-refractivity contribution < 1.29 is 0 Å². The number of nitrogens with two attached hydrogens (primary N) is 2. The van der Waals surface area contributed by atoms with Crippen molar-refractivity contribution in [3.63, 3.8) is 0 Å². The molecule has 0 fully saturated rings. The minimum atomic E-state index is 0.450. The summed E-state index contributed by atoms with van der Waals surface area (Å²) in [6, 6.07) is 0. The second-order valence-electron chi connectivity index (χ2n) is 5.26. The van der Waals surface area contributed by atoms with Gasteiger partial charge in [-0.1, -0.05) is 13.8 Å². The van der Waals surface area contributed by atoms with E-state index in [4.69, 9.17) is 11.5 Å². The van der Waals surface area contributed by atoms with Crippen LogP contribution in [0.5, 0.6) is 0 Å². The van der Waals surface area contributed by atoms with Gasteiger partial charge in [0, 0.05) is 6.42 Å². The molecule has 2 heterocycles. The number of nitrogens with one attached hydrogen (secondary N) is 1. The number of aryl methyl sites for hydroxylation is 1. The standard InChI is InChI=1S/C13H22N6/c1-8(2)9(5-6-14)3-4-10-18-11-12(15)16-7-17-13(11)19-10/h7-9H,3-6,14H2,1-2H3,(H3,15,16,17,18,19). The Kier molecular flexibility index (Phi) is 4.31. The molecule has 2 rings (SSSR count). The lowest BCUT2D eigenvalue weighted by Crippen LogP contribution is -2.15. The Morgan fingerprint density at radius 1 is 1.26 bits per heavy atom. The van der Waals surface area contributed by atoms with Crippen LogP contribution in [-0.4, -0.2) is 26.5 Å².